The third-order valence-electron chi connectivity index (χ3n) is 2.87. The molecule has 2 rings (SSSR count). The molecule has 21 heavy (non-hydrogen) atoms. The van der Waals surface area contributed by atoms with Crippen molar-refractivity contribution in [2.45, 2.75) is 19.6 Å². The first kappa shape index (κ1) is 15.2. The smallest absolute Gasteiger partial charge is 0.422 e. The van der Waals surface area contributed by atoms with Gasteiger partial charge < -0.3 is 10.1 Å². The Morgan fingerprint density at radius 1 is 0.952 bits per heavy atom. The fraction of sp³-hybridized carbons (Fsp3) is 0.250. The van der Waals surface area contributed by atoms with Gasteiger partial charge in [0.1, 0.15) is 5.75 Å². The number of hydrogen-bond donors (Lipinski definition) is 1. The predicted octanol–water partition coefficient (Wildman–Crippen LogP) is 4.55. The lowest BCUT2D eigenvalue weighted by Crippen LogP contribution is -2.19. The van der Waals surface area contributed by atoms with Gasteiger partial charge in [-0.05, 0) is 36.8 Å². The molecule has 2 aromatic carbocycles. The molecule has 0 fully saturated rings. The Morgan fingerprint density at radius 2 is 1.57 bits per heavy atom. The van der Waals surface area contributed by atoms with Gasteiger partial charge in [0, 0.05) is 12.2 Å². The molecule has 0 heterocycles. The van der Waals surface area contributed by atoms with Crippen molar-refractivity contribution in [1.82, 2.24) is 0 Å². The highest BCUT2D eigenvalue weighted by Gasteiger charge is 2.28. The Hall–Kier alpha value is -2.17. The number of halogens is 3. The second-order valence-electron chi connectivity index (χ2n) is 4.77. The largest absolute Gasteiger partial charge is 0.484 e. The fourth-order valence-electron chi connectivity index (χ4n) is 1.74. The first-order valence-corrected chi connectivity index (χ1v) is 6.51. The minimum Gasteiger partial charge on any atom is -0.484 e. The van der Waals surface area contributed by atoms with Gasteiger partial charge in [0.15, 0.2) is 6.61 Å². The third kappa shape index (κ3) is 5.38. The molecule has 0 aliphatic rings. The highest BCUT2D eigenvalue weighted by Crippen LogP contribution is 2.20. The summed E-state index contributed by atoms with van der Waals surface area (Å²) in [6, 6.07) is 14.6. The van der Waals surface area contributed by atoms with Gasteiger partial charge in [-0.3, -0.25) is 0 Å². The summed E-state index contributed by atoms with van der Waals surface area (Å²) in [5.41, 5.74) is 3.16. The van der Waals surface area contributed by atoms with Crippen molar-refractivity contribution >= 4 is 5.69 Å². The van der Waals surface area contributed by atoms with Gasteiger partial charge in [-0.15, -0.1) is 0 Å². The summed E-state index contributed by atoms with van der Waals surface area (Å²) < 4.78 is 40.7. The molecule has 2 nitrogen and oxygen atoms in total. The molecule has 0 unspecified atom stereocenters. The van der Waals surface area contributed by atoms with E-state index in [1.54, 1.807) is 12.1 Å². The van der Waals surface area contributed by atoms with E-state index >= 15 is 0 Å². The zero-order valence-corrected chi connectivity index (χ0v) is 11.6. The molecule has 0 atom stereocenters. The van der Waals surface area contributed by atoms with Crippen LogP contribution in [-0.4, -0.2) is 12.8 Å². The molecule has 1 N–H and O–H groups in total. The maximum atomic E-state index is 12.0. The topological polar surface area (TPSA) is 21.3 Å². The van der Waals surface area contributed by atoms with E-state index in [1.165, 1.54) is 17.7 Å². The predicted molar refractivity (Wildman–Crippen MR) is 76.5 cm³/mol. The molecule has 112 valence electrons. The standard InChI is InChI=1S/C16H16F3NO/c1-12-2-4-13(5-3-12)10-20-14-6-8-15(9-7-14)21-11-16(17,18)19/h2-9,20H,10-11H2,1H3. The maximum absolute atomic E-state index is 12.0. The highest BCUT2D eigenvalue weighted by molar-refractivity contribution is 5.46. The number of benzene rings is 2. The van der Waals surface area contributed by atoms with Crippen LogP contribution in [0.25, 0.3) is 0 Å². The second-order valence-corrected chi connectivity index (χ2v) is 4.77. The van der Waals surface area contributed by atoms with Crippen LogP contribution in [0.5, 0.6) is 5.75 Å². The monoisotopic (exact) mass is 295 g/mol. The van der Waals surface area contributed by atoms with Gasteiger partial charge in [-0.25, -0.2) is 0 Å². The summed E-state index contributed by atoms with van der Waals surface area (Å²) in [4.78, 5) is 0. The van der Waals surface area contributed by atoms with Crippen LogP contribution in [0.2, 0.25) is 0 Å². The molecule has 0 aromatic heterocycles. The molecule has 5 heteroatoms. The fourth-order valence-corrected chi connectivity index (χ4v) is 1.74. The van der Waals surface area contributed by atoms with Crippen LogP contribution < -0.4 is 10.1 Å². The lowest BCUT2D eigenvalue weighted by atomic mass is 10.1. The lowest BCUT2D eigenvalue weighted by Gasteiger charge is -2.10. The van der Waals surface area contributed by atoms with Crippen molar-refractivity contribution in [3.63, 3.8) is 0 Å². The Balaban J connectivity index is 1.86. The van der Waals surface area contributed by atoms with E-state index < -0.39 is 12.8 Å². The average Bonchev–Trinajstić information content (AvgIpc) is 2.45. The summed E-state index contributed by atoms with van der Waals surface area (Å²) in [5, 5.41) is 3.20. The SMILES string of the molecule is Cc1ccc(CNc2ccc(OCC(F)(F)F)cc2)cc1. The van der Waals surface area contributed by atoms with Crippen molar-refractivity contribution in [2.24, 2.45) is 0 Å². The summed E-state index contributed by atoms with van der Waals surface area (Å²) >= 11 is 0. The Bertz CT molecular complexity index is 562. The van der Waals surface area contributed by atoms with Gasteiger partial charge >= 0.3 is 6.18 Å². The third-order valence-corrected chi connectivity index (χ3v) is 2.87. The molecule has 0 aliphatic carbocycles. The summed E-state index contributed by atoms with van der Waals surface area (Å²) in [7, 11) is 0. The number of hydrogen-bond acceptors (Lipinski definition) is 2. The quantitative estimate of drug-likeness (QED) is 0.874. The van der Waals surface area contributed by atoms with E-state index in [-0.39, 0.29) is 5.75 Å². The van der Waals surface area contributed by atoms with Crippen molar-refractivity contribution < 1.29 is 17.9 Å². The van der Waals surface area contributed by atoms with Gasteiger partial charge in [0.25, 0.3) is 0 Å². The first-order valence-electron chi connectivity index (χ1n) is 6.51. The number of aryl methyl sites for hydroxylation is 1. The highest BCUT2D eigenvalue weighted by atomic mass is 19.4. The lowest BCUT2D eigenvalue weighted by molar-refractivity contribution is -0.153. The van der Waals surface area contributed by atoms with E-state index in [9.17, 15) is 13.2 Å². The van der Waals surface area contributed by atoms with Crippen LogP contribution in [0.3, 0.4) is 0 Å². The van der Waals surface area contributed by atoms with Crippen LogP contribution >= 0.6 is 0 Å². The van der Waals surface area contributed by atoms with Gasteiger partial charge in [-0.1, -0.05) is 29.8 Å². The van der Waals surface area contributed by atoms with Crippen LogP contribution in [0.4, 0.5) is 18.9 Å². The molecule has 0 saturated heterocycles. The average molecular weight is 295 g/mol. The summed E-state index contributed by atoms with van der Waals surface area (Å²) in [6.45, 7) is 1.41. The Labute approximate surface area is 121 Å². The molecule has 2 aromatic rings. The van der Waals surface area contributed by atoms with E-state index in [0.29, 0.717) is 6.54 Å². The normalized spacial score (nSPS) is 11.2. The first-order chi connectivity index (χ1) is 9.92. The minimum absolute atomic E-state index is 0.202. The van der Waals surface area contributed by atoms with Crippen molar-refractivity contribution in [3.05, 3.63) is 59.7 Å². The molecule has 0 amide bonds. The van der Waals surface area contributed by atoms with Crippen molar-refractivity contribution in [1.29, 1.82) is 0 Å². The minimum atomic E-state index is -4.32. The molecule has 0 bridgehead atoms. The Kier molecular flexibility index (Phi) is 4.73. The zero-order chi connectivity index (χ0) is 15.3. The number of nitrogens with one attached hydrogen (secondary N) is 1. The van der Waals surface area contributed by atoms with Gasteiger partial charge in [0.05, 0.1) is 0 Å². The van der Waals surface area contributed by atoms with Crippen molar-refractivity contribution in [3.8, 4) is 5.75 Å². The van der Waals surface area contributed by atoms with E-state index in [1.807, 2.05) is 31.2 Å². The molecular formula is C16H16F3NO. The number of rotatable bonds is 5. The van der Waals surface area contributed by atoms with Crippen LogP contribution in [-0.2, 0) is 6.54 Å². The molecule has 0 saturated carbocycles. The van der Waals surface area contributed by atoms with Crippen molar-refractivity contribution in [2.75, 3.05) is 11.9 Å². The molecule has 0 aliphatic heterocycles. The van der Waals surface area contributed by atoms with Crippen LogP contribution in [0, 0.1) is 6.92 Å². The maximum Gasteiger partial charge on any atom is 0.422 e. The second kappa shape index (κ2) is 6.52. The summed E-state index contributed by atoms with van der Waals surface area (Å²) in [6.07, 6.45) is -4.32. The van der Waals surface area contributed by atoms with E-state index in [4.69, 9.17) is 0 Å². The number of anilines is 1. The van der Waals surface area contributed by atoms with Gasteiger partial charge in [0.2, 0.25) is 0 Å². The molecular weight excluding hydrogens is 279 g/mol. The van der Waals surface area contributed by atoms with E-state index in [2.05, 4.69) is 10.1 Å². The number of ether oxygens (including phenoxy) is 1. The molecule has 0 spiro atoms. The van der Waals surface area contributed by atoms with Gasteiger partial charge in [-0.2, -0.15) is 13.2 Å². The van der Waals surface area contributed by atoms with E-state index in [0.717, 1.165) is 11.3 Å². The Morgan fingerprint density at radius 3 is 2.14 bits per heavy atom. The van der Waals surface area contributed by atoms with Crippen LogP contribution in [0.15, 0.2) is 48.5 Å². The number of alkyl halides is 3. The van der Waals surface area contributed by atoms with Crippen LogP contribution in [0.1, 0.15) is 11.1 Å². The molecule has 0 radical (unpaired) electrons. The summed E-state index contributed by atoms with van der Waals surface area (Å²) in [5.74, 6) is 0.202. The zero-order valence-electron chi connectivity index (χ0n) is 11.6.